The fraction of sp³-hybridized carbons (Fsp3) is 0.500. The lowest BCUT2D eigenvalue weighted by Gasteiger charge is -2.22. The van der Waals surface area contributed by atoms with E-state index in [1.165, 1.54) is 6.42 Å². The summed E-state index contributed by atoms with van der Waals surface area (Å²) in [5, 5.41) is 20.0. The van der Waals surface area contributed by atoms with Crippen LogP contribution in [0.1, 0.15) is 57.3 Å². The third-order valence-electron chi connectivity index (χ3n) is 5.59. The Hall–Kier alpha value is -2.80. The number of rotatable bonds is 8. The molecule has 1 aromatic heterocycles. The summed E-state index contributed by atoms with van der Waals surface area (Å²) >= 11 is 0. The van der Waals surface area contributed by atoms with Crippen molar-refractivity contribution in [1.82, 2.24) is 10.6 Å². The quantitative estimate of drug-likeness (QED) is 0.381. The molecule has 7 heteroatoms. The van der Waals surface area contributed by atoms with Crippen LogP contribution in [0.15, 0.2) is 52.1 Å². The number of anilines is 1. The van der Waals surface area contributed by atoms with Crippen LogP contribution in [-0.2, 0) is 16.9 Å². The zero-order valence-corrected chi connectivity index (χ0v) is 18.5. The topological polar surface area (TPSA) is 98.9 Å². The summed E-state index contributed by atoms with van der Waals surface area (Å²) in [6, 6.07) is 11.3. The molecule has 1 heterocycles. The van der Waals surface area contributed by atoms with E-state index in [0.29, 0.717) is 24.8 Å². The Labute approximate surface area is 184 Å². The number of carbonyl (C=O) groups is 1. The van der Waals surface area contributed by atoms with Gasteiger partial charge >= 0.3 is 0 Å². The molecule has 1 aromatic carbocycles. The number of amides is 1. The molecule has 0 aliphatic heterocycles. The molecule has 0 spiro atoms. The molecule has 0 bridgehead atoms. The van der Waals surface area contributed by atoms with Gasteiger partial charge in [0.1, 0.15) is 11.4 Å². The average Bonchev–Trinajstić information content (AvgIpc) is 3.33. The van der Waals surface area contributed by atoms with Gasteiger partial charge in [0.2, 0.25) is 5.91 Å². The minimum atomic E-state index is -1.15. The monoisotopic (exact) mass is 426 g/mol. The maximum absolute atomic E-state index is 12.5. The van der Waals surface area contributed by atoms with Crippen molar-refractivity contribution >= 4 is 17.6 Å². The Morgan fingerprint density at radius 1 is 1.19 bits per heavy atom. The third-order valence-corrected chi connectivity index (χ3v) is 5.59. The van der Waals surface area contributed by atoms with Gasteiger partial charge in [-0.15, -0.1) is 0 Å². The van der Waals surface area contributed by atoms with Crippen molar-refractivity contribution in [1.29, 1.82) is 0 Å². The molecule has 1 aliphatic rings. The maximum atomic E-state index is 12.5. The van der Waals surface area contributed by atoms with Crippen LogP contribution >= 0.6 is 0 Å². The highest BCUT2D eigenvalue weighted by atomic mass is 16.4. The van der Waals surface area contributed by atoms with Crippen LogP contribution in [0.3, 0.4) is 0 Å². The second kappa shape index (κ2) is 11.0. The predicted molar refractivity (Wildman–Crippen MR) is 123 cm³/mol. The van der Waals surface area contributed by atoms with E-state index in [0.717, 1.165) is 36.9 Å². The van der Waals surface area contributed by atoms with Crippen LogP contribution in [0.2, 0.25) is 0 Å². The van der Waals surface area contributed by atoms with Crippen LogP contribution in [0.25, 0.3) is 0 Å². The first kappa shape index (κ1) is 22.9. The molecule has 1 fully saturated rings. The molecule has 1 saturated carbocycles. The molecule has 2 aromatic rings. The van der Waals surface area contributed by atoms with Gasteiger partial charge in [0.05, 0.1) is 19.4 Å². The van der Waals surface area contributed by atoms with Gasteiger partial charge in [0.15, 0.2) is 5.96 Å². The Bertz CT molecular complexity index is 855. The van der Waals surface area contributed by atoms with E-state index in [1.807, 2.05) is 31.2 Å². The molecule has 168 valence electrons. The number of benzene rings is 1. The van der Waals surface area contributed by atoms with E-state index in [1.54, 1.807) is 25.3 Å². The molecule has 1 amide bonds. The Balaban J connectivity index is 1.58. The van der Waals surface area contributed by atoms with Crippen molar-refractivity contribution < 1.29 is 14.3 Å². The van der Waals surface area contributed by atoms with Crippen molar-refractivity contribution in [2.75, 3.05) is 18.4 Å². The number of nitrogens with zero attached hydrogens (tertiary/aromatic N) is 1. The van der Waals surface area contributed by atoms with Crippen LogP contribution in [-0.4, -0.2) is 30.1 Å². The van der Waals surface area contributed by atoms with Crippen molar-refractivity contribution in [3.8, 4) is 0 Å². The van der Waals surface area contributed by atoms with Crippen molar-refractivity contribution in [3.63, 3.8) is 0 Å². The molecule has 1 atom stereocenters. The number of aliphatic hydroxyl groups is 1. The minimum Gasteiger partial charge on any atom is -0.466 e. The lowest BCUT2D eigenvalue weighted by Crippen LogP contribution is -2.44. The normalized spacial score (nSPS) is 17.1. The van der Waals surface area contributed by atoms with Gasteiger partial charge < -0.3 is 25.5 Å². The van der Waals surface area contributed by atoms with E-state index < -0.39 is 5.60 Å². The average molecular weight is 427 g/mol. The van der Waals surface area contributed by atoms with Gasteiger partial charge in [-0.1, -0.05) is 31.4 Å². The standard InChI is InChI=1S/C24H34N4O3/c1-3-25-23(27-17-24(2,30)21-13-8-14-31-21)26-16-18-9-7-12-20(15-18)28-22(29)19-10-5-4-6-11-19/h7-9,12-15,19,30H,3-6,10-11,16-17H2,1-2H3,(H,28,29)(H2,25,26,27). The molecule has 3 rings (SSSR count). The lowest BCUT2D eigenvalue weighted by atomic mass is 9.88. The van der Waals surface area contributed by atoms with Crippen molar-refractivity contribution in [2.45, 2.75) is 58.1 Å². The summed E-state index contributed by atoms with van der Waals surface area (Å²) in [7, 11) is 0. The Kier molecular flexibility index (Phi) is 8.12. The highest BCUT2D eigenvalue weighted by molar-refractivity contribution is 5.92. The molecule has 4 N–H and O–H groups in total. The molecule has 1 aliphatic carbocycles. The van der Waals surface area contributed by atoms with Crippen LogP contribution in [0.5, 0.6) is 0 Å². The van der Waals surface area contributed by atoms with E-state index in [2.05, 4.69) is 20.9 Å². The maximum Gasteiger partial charge on any atom is 0.227 e. The zero-order chi connectivity index (χ0) is 22.1. The molecule has 31 heavy (non-hydrogen) atoms. The van der Waals surface area contributed by atoms with Crippen LogP contribution < -0.4 is 16.0 Å². The lowest BCUT2D eigenvalue weighted by molar-refractivity contribution is -0.120. The number of carbonyl (C=O) groups excluding carboxylic acids is 1. The predicted octanol–water partition coefficient (Wildman–Crippen LogP) is 3.76. The van der Waals surface area contributed by atoms with Gasteiger partial charge in [-0.05, 0) is 56.5 Å². The first-order chi connectivity index (χ1) is 15.0. The van der Waals surface area contributed by atoms with E-state index in [-0.39, 0.29) is 18.4 Å². The fourth-order valence-electron chi connectivity index (χ4n) is 3.80. The molecule has 0 saturated heterocycles. The summed E-state index contributed by atoms with van der Waals surface area (Å²) in [5.74, 6) is 1.35. The largest absolute Gasteiger partial charge is 0.466 e. The second-order valence-electron chi connectivity index (χ2n) is 8.32. The smallest absolute Gasteiger partial charge is 0.227 e. The van der Waals surface area contributed by atoms with E-state index in [9.17, 15) is 9.90 Å². The van der Waals surface area contributed by atoms with Crippen molar-refractivity contribution in [3.05, 3.63) is 54.0 Å². The van der Waals surface area contributed by atoms with E-state index >= 15 is 0 Å². The molecule has 0 radical (unpaired) electrons. The number of furan rings is 1. The number of aliphatic imine (C=N–C) groups is 1. The molecular weight excluding hydrogens is 392 g/mol. The SMILES string of the molecule is CCNC(=NCc1cccc(NC(=O)C2CCCCC2)c1)NCC(C)(O)c1ccco1. The highest BCUT2D eigenvalue weighted by Crippen LogP contribution is 2.25. The van der Waals surface area contributed by atoms with Crippen molar-refractivity contribution in [2.24, 2.45) is 10.9 Å². The van der Waals surface area contributed by atoms with E-state index in [4.69, 9.17) is 4.42 Å². The molecular formula is C24H34N4O3. The zero-order valence-electron chi connectivity index (χ0n) is 18.5. The second-order valence-corrected chi connectivity index (χ2v) is 8.32. The van der Waals surface area contributed by atoms with Gasteiger partial charge in [0, 0.05) is 18.2 Å². The van der Waals surface area contributed by atoms with Gasteiger partial charge in [-0.25, -0.2) is 4.99 Å². The van der Waals surface area contributed by atoms with Gasteiger partial charge in [-0.2, -0.15) is 0 Å². The number of nitrogens with one attached hydrogen (secondary N) is 3. The minimum absolute atomic E-state index is 0.121. The summed E-state index contributed by atoms with van der Waals surface area (Å²) in [6.45, 7) is 5.09. The molecule has 7 nitrogen and oxygen atoms in total. The Morgan fingerprint density at radius 2 is 2.00 bits per heavy atom. The van der Waals surface area contributed by atoms with Crippen LogP contribution in [0.4, 0.5) is 5.69 Å². The molecule has 1 unspecified atom stereocenters. The number of hydrogen-bond donors (Lipinski definition) is 4. The number of guanidine groups is 1. The first-order valence-corrected chi connectivity index (χ1v) is 11.2. The summed E-state index contributed by atoms with van der Waals surface area (Å²) in [5.41, 5.74) is 0.654. The van der Waals surface area contributed by atoms with Gasteiger partial charge in [0.25, 0.3) is 0 Å². The number of hydrogen-bond acceptors (Lipinski definition) is 4. The van der Waals surface area contributed by atoms with Crippen LogP contribution in [0, 0.1) is 5.92 Å². The summed E-state index contributed by atoms with van der Waals surface area (Å²) in [4.78, 5) is 17.1. The first-order valence-electron chi connectivity index (χ1n) is 11.2. The summed E-state index contributed by atoms with van der Waals surface area (Å²) in [6.07, 6.45) is 7.02. The summed E-state index contributed by atoms with van der Waals surface area (Å²) < 4.78 is 5.32. The third kappa shape index (κ3) is 6.85. The Morgan fingerprint density at radius 3 is 2.71 bits per heavy atom. The fourth-order valence-corrected chi connectivity index (χ4v) is 3.80. The highest BCUT2D eigenvalue weighted by Gasteiger charge is 2.26. The van der Waals surface area contributed by atoms with Gasteiger partial charge in [-0.3, -0.25) is 4.79 Å².